The van der Waals surface area contributed by atoms with Crippen molar-refractivity contribution < 1.29 is 0 Å². The van der Waals surface area contributed by atoms with Gasteiger partial charge in [0.1, 0.15) is 11.6 Å². The SMILES string of the molecule is CCCNc1cc(C)nc(CN(C)C(C)CC(C)C)n1. The van der Waals surface area contributed by atoms with Gasteiger partial charge in [-0.1, -0.05) is 20.8 Å². The Morgan fingerprint density at radius 2 is 1.95 bits per heavy atom. The van der Waals surface area contributed by atoms with Gasteiger partial charge < -0.3 is 5.32 Å². The molecule has 0 aliphatic rings. The Morgan fingerprint density at radius 3 is 2.55 bits per heavy atom. The summed E-state index contributed by atoms with van der Waals surface area (Å²) in [6, 6.07) is 2.56. The Hall–Kier alpha value is -1.16. The molecule has 1 aromatic rings. The highest BCUT2D eigenvalue weighted by molar-refractivity contribution is 5.35. The van der Waals surface area contributed by atoms with Crippen LogP contribution in [0, 0.1) is 12.8 Å². The smallest absolute Gasteiger partial charge is 0.144 e. The summed E-state index contributed by atoms with van der Waals surface area (Å²) < 4.78 is 0. The summed E-state index contributed by atoms with van der Waals surface area (Å²) >= 11 is 0. The van der Waals surface area contributed by atoms with E-state index in [1.54, 1.807) is 0 Å². The van der Waals surface area contributed by atoms with Crippen molar-refractivity contribution >= 4 is 5.82 Å². The molecule has 1 heterocycles. The molecular formula is C16H30N4. The van der Waals surface area contributed by atoms with Crippen LogP contribution >= 0.6 is 0 Å². The number of nitrogens with zero attached hydrogens (tertiary/aromatic N) is 3. The number of aromatic nitrogens is 2. The maximum Gasteiger partial charge on any atom is 0.144 e. The Kier molecular flexibility index (Phi) is 6.93. The van der Waals surface area contributed by atoms with E-state index < -0.39 is 0 Å². The molecule has 114 valence electrons. The summed E-state index contributed by atoms with van der Waals surface area (Å²) in [4.78, 5) is 11.5. The molecule has 0 aromatic carbocycles. The molecule has 20 heavy (non-hydrogen) atoms. The summed E-state index contributed by atoms with van der Waals surface area (Å²) in [6.45, 7) is 12.7. The molecule has 0 bridgehead atoms. The van der Waals surface area contributed by atoms with Crippen molar-refractivity contribution in [3.8, 4) is 0 Å². The van der Waals surface area contributed by atoms with Crippen molar-refractivity contribution in [1.82, 2.24) is 14.9 Å². The number of aryl methyl sites for hydroxylation is 1. The number of rotatable bonds is 8. The fraction of sp³-hybridized carbons (Fsp3) is 0.750. The number of hydrogen-bond acceptors (Lipinski definition) is 4. The van der Waals surface area contributed by atoms with Gasteiger partial charge in [-0.15, -0.1) is 0 Å². The van der Waals surface area contributed by atoms with Gasteiger partial charge in [-0.2, -0.15) is 0 Å². The topological polar surface area (TPSA) is 41.1 Å². The van der Waals surface area contributed by atoms with E-state index in [1.165, 1.54) is 6.42 Å². The molecule has 0 aliphatic heterocycles. The van der Waals surface area contributed by atoms with Crippen LogP contribution in [0.25, 0.3) is 0 Å². The molecule has 0 amide bonds. The van der Waals surface area contributed by atoms with Crippen LogP contribution in [0.1, 0.15) is 52.1 Å². The van der Waals surface area contributed by atoms with E-state index in [2.05, 4.69) is 54.9 Å². The quantitative estimate of drug-likeness (QED) is 0.790. The summed E-state index contributed by atoms with van der Waals surface area (Å²) in [7, 11) is 2.15. The summed E-state index contributed by atoms with van der Waals surface area (Å²) in [5.74, 6) is 2.56. The van der Waals surface area contributed by atoms with Gasteiger partial charge in [0.05, 0.1) is 6.54 Å². The minimum atomic E-state index is 0.547. The maximum atomic E-state index is 4.61. The molecule has 1 aromatic heterocycles. The molecule has 0 spiro atoms. The Morgan fingerprint density at radius 1 is 1.25 bits per heavy atom. The molecule has 1 N–H and O–H groups in total. The lowest BCUT2D eigenvalue weighted by Gasteiger charge is -2.25. The third-order valence-electron chi connectivity index (χ3n) is 3.41. The third-order valence-corrected chi connectivity index (χ3v) is 3.41. The Labute approximate surface area is 124 Å². The zero-order valence-corrected chi connectivity index (χ0v) is 13.9. The first-order chi connectivity index (χ1) is 9.42. The lowest BCUT2D eigenvalue weighted by Crippen LogP contribution is -2.30. The third kappa shape index (κ3) is 5.87. The first kappa shape index (κ1) is 16.9. The van der Waals surface area contributed by atoms with Gasteiger partial charge >= 0.3 is 0 Å². The van der Waals surface area contributed by atoms with Gasteiger partial charge in [0.2, 0.25) is 0 Å². The average molecular weight is 278 g/mol. The Bertz CT molecular complexity index is 403. The van der Waals surface area contributed by atoms with Crippen molar-refractivity contribution in [1.29, 1.82) is 0 Å². The minimum Gasteiger partial charge on any atom is -0.370 e. The molecular weight excluding hydrogens is 248 g/mol. The van der Waals surface area contributed by atoms with Crippen LogP contribution in [0.3, 0.4) is 0 Å². The normalized spacial score (nSPS) is 13.0. The molecule has 1 unspecified atom stereocenters. The molecule has 0 radical (unpaired) electrons. The van der Waals surface area contributed by atoms with Crippen LogP contribution in [0.5, 0.6) is 0 Å². The molecule has 1 rings (SSSR count). The average Bonchev–Trinajstić information content (AvgIpc) is 2.34. The fourth-order valence-corrected chi connectivity index (χ4v) is 2.29. The van der Waals surface area contributed by atoms with Crippen LogP contribution in [0.15, 0.2) is 6.07 Å². The number of anilines is 1. The van der Waals surface area contributed by atoms with Gasteiger partial charge in [0.25, 0.3) is 0 Å². The second-order valence-corrected chi connectivity index (χ2v) is 6.13. The molecule has 0 aliphatic carbocycles. The van der Waals surface area contributed by atoms with E-state index in [0.717, 1.165) is 36.8 Å². The van der Waals surface area contributed by atoms with E-state index in [9.17, 15) is 0 Å². The van der Waals surface area contributed by atoms with Crippen molar-refractivity contribution in [3.63, 3.8) is 0 Å². The largest absolute Gasteiger partial charge is 0.370 e. The lowest BCUT2D eigenvalue weighted by molar-refractivity contribution is 0.216. The molecule has 0 saturated heterocycles. The van der Waals surface area contributed by atoms with Crippen LogP contribution < -0.4 is 5.32 Å². The van der Waals surface area contributed by atoms with Gasteiger partial charge in [-0.3, -0.25) is 4.90 Å². The minimum absolute atomic E-state index is 0.547. The van der Waals surface area contributed by atoms with Gasteiger partial charge in [-0.05, 0) is 39.7 Å². The first-order valence-corrected chi connectivity index (χ1v) is 7.71. The molecule has 1 atom stereocenters. The van der Waals surface area contributed by atoms with Gasteiger partial charge in [0, 0.05) is 24.3 Å². The van der Waals surface area contributed by atoms with E-state index in [0.29, 0.717) is 12.0 Å². The van der Waals surface area contributed by atoms with Crippen molar-refractivity contribution in [3.05, 3.63) is 17.6 Å². The molecule has 0 fully saturated rings. The predicted octanol–water partition coefficient (Wildman–Crippen LogP) is 3.47. The van der Waals surface area contributed by atoms with Crippen molar-refractivity contribution in [2.45, 2.75) is 60.0 Å². The van der Waals surface area contributed by atoms with Gasteiger partial charge in [-0.25, -0.2) is 9.97 Å². The summed E-state index contributed by atoms with van der Waals surface area (Å²) in [6.07, 6.45) is 2.30. The lowest BCUT2D eigenvalue weighted by atomic mass is 10.0. The Balaban J connectivity index is 2.68. The number of hydrogen-bond donors (Lipinski definition) is 1. The highest BCUT2D eigenvalue weighted by atomic mass is 15.2. The van der Waals surface area contributed by atoms with Crippen LogP contribution in [-0.4, -0.2) is 34.5 Å². The second-order valence-electron chi connectivity index (χ2n) is 6.13. The maximum absolute atomic E-state index is 4.61. The molecule has 0 saturated carbocycles. The monoisotopic (exact) mass is 278 g/mol. The van der Waals surface area contributed by atoms with Crippen LogP contribution in [0.2, 0.25) is 0 Å². The predicted molar refractivity (Wildman–Crippen MR) is 85.9 cm³/mol. The first-order valence-electron chi connectivity index (χ1n) is 7.71. The van der Waals surface area contributed by atoms with E-state index in [1.807, 2.05) is 13.0 Å². The van der Waals surface area contributed by atoms with E-state index in [4.69, 9.17) is 0 Å². The molecule has 4 heteroatoms. The zero-order valence-electron chi connectivity index (χ0n) is 13.9. The van der Waals surface area contributed by atoms with Crippen LogP contribution in [-0.2, 0) is 6.54 Å². The fourth-order valence-electron chi connectivity index (χ4n) is 2.29. The standard InChI is InChI=1S/C16H30N4/c1-7-8-17-15-10-13(4)18-16(19-15)11-20(6)14(5)9-12(2)3/h10,12,14H,7-9,11H2,1-6H3,(H,17,18,19). The van der Waals surface area contributed by atoms with Crippen LogP contribution in [0.4, 0.5) is 5.82 Å². The zero-order chi connectivity index (χ0) is 15.1. The van der Waals surface area contributed by atoms with Gasteiger partial charge in [0.15, 0.2) is 0 Å². The van der Waals surface area contributed by atoms with E-state index >= 15 is 0 Å². The van der Waals surface area contributed by atoms with Crippen molar-refractivity contribution in [2.24, 2.45) is 5.92 Å². The highest BCUT2D eigenvalue weighted by Gasteiger charge is 2.13. The summed E-state index contributed by atoms with van der Waals surface area (Å²) in [5.41, 5.74) is 1.03. The second kappa shape index (κ2) is 8.20. The molecule has 4 nitrogen and oxygen atoms in total. The van der Waals surface area contributed by atoms with E-state index in [-0.39, 0.29) is 0 Å². The highest BCUT2D eigenvalue weighted by Crippen LogP contribution is 2.13. The summed E-state index contributed by atoms with van der Waals surface area (Å²) in [5, 5.41) is 3.34. The van der Waals surface area contributed by atoms with Crippen molar-refractivity contribution in [2.75, 3.05) is 18.9 Å². The number of nitrogens with one attached hydrogen (secondary N) is 1.